The van der Waals surface area contributed by atoms with Gasteiger partial charge in [0, 0.05) is 18.9 Å². The number of aromatic amines is 1. The molecule has 0 spiro atoms. The average molecular weight is 240 g/mol. The van der Waals surface area contributed by atoms with Crippen LogP contribution >= 0.6 is 0 Å². The normalized spacial score (nSPS) is 12.8. The van der Waals surface area contributed by atoms with Crippen LogP contribution in [0.15, 0.2) is 12.4 Å². The summed E-state index contributed by atoms with van der Waals surface area (Å²) < 4.78 is 0. The molecule has 96 valence electrons. The van der Waals surface area contributed by atoms with Crippen molar-refractivity contribution in [1.29, 1.82) is 0 Å². The second kappa shape index (κ2) is 6.36. The van der Waals surface area contributed by atoms with Crippen molar-refractivity contribution in [2.75, 3.05) is 13.2 Å². The van der Waals surface area contributed by atoms with Crippen molar-refractivity contribution >= 4 is 5.91 Å². The number of aliphatic hydroxyl groups excluding tert-OH is 1. The molecule has 1 aromatic heterocycles. The summed E-state index contributed by atoms with van der Waals surface area (Å²) in [6.07, 6.45) is 3.32. The molecule has 6 heteroatoms. The summed E-state index contributed by atoms with van der Waals surface area (Å²) in [5.41, 5.74) is 5.82. The first-order valence-corrected chi connectivity index (χ1v) is 5.69. The van der Waals surface area contributed by atoms with Gasteiger partial charge in [0.25, 0.3) is 0 Å². The van der Waals surface area contributed by atoms with E-state index in [1.54, 1.807) is 12.4 Å². The topological polar surface area (TPSA) is 95.2 Å². The van der Waals surface area contributed by atoms with Gasteiger partial charge in [-0.2, -0.15) is 0 Å². The number of aliphatic hydroxyl groups is 1. The van der Waals surface area contributed by atoms with Crippen LogP contribution in [0.4, 0.5) is 0 Å². The predicted octanol–water partition coefficient (Wildman–Crippen LogP) is -0.286. The van der Waals surface area contributed by atoms with E-state index in [1.165, 1.54) is 4.90 Å². The molecule has 4 N–H and O–H groups in total. The molecule has 0 radical (unpaired) electrons. The first kappa shape index (κ1) is 13.7. The predicted molar refractivity (Wildman–Crippen MR) is 63.9 cm³/mol. The SMILES string of the molecule is CC(C)[C@H](N)C(=O)N(CCO)Cc1ncc[nH]1. The molecule has 0 saturated carbocycles. The Morgan fingerprint density at radius 2 is 2.35 bits per heavy atom. The maximum absolute atomic E-state index is 12.0. The van der Waals surface area contributed by atoms with E-state index in [0.717, 1.165) is 0 Å². The van der Waals surface area contributed by atoms with Gasteiger partial charge in [0.05, 0.1) is 19.2 Å². The van der Waals surface area contributed by atoms with Crippen LogP contribution in [-0.4, -0.2) is 45.1 Å². The van der Waals surface area contributed by atoms with Crippen LogP contribution in [0, 0.1) is 5.92 Å². The van der Waals surface area contributed by atoms with Crippen LogP contribution in [0.25, 0.3) is 0 Å². The summed E-state index contributed by atoms with van der Waals surface area (Å²) in [6, 6.07) is -0.545. The maximum Gasteiger partial charge on any atom is 0.240 e. The van der Waals surface area contributed by atoms with Crippen molar-refractivity contribution in [2.45, 2.75) is 26.4 Å². The number of carbonyl (C=O) groups excluding carboxylic acids is 1. The number of imidazole rings is 1. The van der Waals surface area contributed by atoms with Gasteiger partial charge in [0.15, 0.2) is 0 Å². The first-order valence-electron chi connectivity index (χ1n) is 5.69. The van der Waals surface area contributed by atoms with E-state index in [9.17, 15) is 4.79 Å². The fourth-order valence-corrected chi connectivity index (χ4v) is 1.45. The molecule has 1 rings (SSSR count). The van der Waals surface area contributed by atoms with E-state index in [4.69, 9.17) is 10.8 Å². The van der Waals surface area contributed by atoms with E-state index in [2.05, 4.69) is 9.97 Å². The summed E-state index contributed by atoms with van der Waals surface area (Å²) >= 11 is 0. The van der Waals surface area contributed by atoms with Gasteiger partial charge in [-0.3, -0.25) is 4.79 Å². The lowest BCUT2D eigenvalue weighted by atomic mass is 10.0. The Labute approximate surface area is 101 Å². The smallest absolute Gasteiger partial charge is 0.240 e. The molecule has 0 aliphatic rings. The molecule has 0 aliphatic carbocycles. The molecule has 0 saturated heterocycles. The first-order chi connectivity index (χ1) is 8.06. The number of H-pyrrole nitrogens is 1. The third-order valence-corrected chi connectivity index (χ3v) is 2.58. The van der Waals surface area contributed by atoms with Crippen molar-refractivity contribution in [2.24, 2.45) is 11.7 Å². The number of nitrogens with one attached hydrogen (secondary N) is 1. The van der Waals surface area contributed by atoms with Crippen LogP contribution in [0.3, 0.4) is 0 Å². The Morgan fingerprint density at radius 3 is 2.82 bits per heavy atom. The zero-order valence-electron chi connectivity index (χ0n) is 10.3. The van der Waals surface area contributed by atoms with Gasteiger partial charge < -0.3 is 20.7 Å². The van der Waals surface area contributed by atoms with E-state index < -0.39 is 6.04 Å². The number of nitrogens with two attached hydrogens (primary N) is 1. The highest BCUT2D eigenvalue weighted by Gasteiger charge is 2.23. The highest BCUT2D eigenvalue weighted by molar-refractivity contribution is 5.81. The lowest BCUT2D eigenvalue weighted by Crippen LogP contribution is -2.47. The van der Waals surface area contributed by atoms with E-state index in [1.807, 2.05) is 13.8 Å². The zero-order chi connectivity index (χ0) is 12.8. The Hall–Kier alpha value is -1.40. The van der Waals surface area contributed by atoms with Gasteiger partial charge in [0.1, 0.15) is 5.82 Å². The minimum Gasteiger partial charge on any atom is -0.395 e. The molecule has 0 bridgehead atoms. The Bertz CT molecular complexity index is 337. The van der Waals surface area contributed by atoms with E-state index >= 15 is 0 Å². The van der Waals surface area contributed by atoms with Crippen molar-refractivity contribution < 1.29 is 9.90 Å². The van der Waals surface area contributed by atoms with Gasteiger partial charge in [0.2, 0.25) is 5.91 Å². The molecule has 1 amide bonds. The minimum atomic E-state index is -0.545. The van der Waals surface area contributed by atoms with Crippen LogP contribution in [0.2, 0.25) is 0 Å². The van der Waals surface area contributed by atoms with E-state index in [-0.39, 0.29) is 25.0 Å². The van der Waals surface area contributed by atoms with Gasteiger partial charge in [-0.05, 0) is 5.92 Å². The molecule has 0 aliphatic heterocycles. The molecular weight excluding hydrogens is 220 g/mol. The highest BCUT2D eigenvalue weighted by Crippen LogP contribution is 2.06. The molecule has 6 nitrogen and oxygen atoms in total. The minimum absolute atomic E-state index is 0.0697. The number of hydrogen-bond acceptors (Lipinski definition) is 4. The largest absolute Gasteiger partial charge is 0.395 e. The number of aromatic nitrogens is 2. The van der Waals surface area contributed by atoms with Crippen molar-refractivity contribution in [3.63, 3.8) is 0 Å². The summed E-state index contributed by atoms with van der Waals surface area (Å²) in [6.45, 7) is 4.31. The third-order valence-electron chi connectivity index (χ3n) is 2.58. The van der Waals surface area contributed by atoms with Gasteiger partial charge in [-0.15, -0.1) is 0 Å². The lowest BCUT2D eigenvalue weighted by molar-refractivity contribution is -0.134. The lowest BCUT2D eigenvalue weighted by Gasteiger charge is -2.25. The second-order valence-electron chi connectivity index (χ2n) is 4.29. The van der Waals surface area contributed by atoms with Crippen LogP contribution in [0.5, 0.6) is 0 Å². The third kappa shape index (κ3) is 3.83. The number of carbonyl (C=O) groups is 1. The van der Waals surface area contributed by atoms with Crippen molar-refractivity contribution in [3.8, 4) is 0 Å². The number of nitrogens with zero attached hydrogens (tertiary/aromatic N) is 2. The highest BCUT2D eigenvalue weighted by atomic mass is 16.3. The molecule has 0 fully saturated rings. The van der Waals surface area contributed by atoms with Gasteiger partial charge >= 0.3 is 0 Å². The fraction of sp³-hybridized carbons (Fsp3) is 0.636. The van der Waals surface area contributed by atoms with Crippen LogP contribution in [0.1, 0.15) is 19.7 Å². The molecule has 1 atom stereocenters. The molecule has 0 unspecified atom stereocenters. The standard InChI is InChI=1S/C11H20N4O2/c1-8(2)10(12)11(17)15(5-6-16)7-9-13-3-4-14-9/h3-4,8,10,16H,5-7,12H2,1-2H3,(H,13,14)/t10-/m0/s1. The fourth-order valence-electron chi connectivity index (χ4n) is 1.45. The number of hydrogen-bond donors (Lipinski definition) is 3. The number of rotatable bonds is 6. The maximum atomic E-state index is 12.0. The molecule has 0 aromatic carbocycles. The summed E-state index contributed by atoms with van der Waals surface area (Å²) in [7, 11) is 0. The van der Waals surface area contributed by atoms with E-state index in [0.29, 0.717) is 12.4 Å². The van der Waals surface area contributed by atoms with Crippen LogP contribution in [-0.2, 0) is 11.3 Å². The zero-order valence-corrected chi connectivity index (χ0v) is 10.3. The average Bonchev–Trinajstić information content (AvgIpc) is 2.79. The molecule has 17 heavy (non-hydrogen) atoms. The molecule has 1 aromatic rings. The van der Waals surface area contributed by atoms with Crippen molar-refractivity contribution in [1.82, 2.24) is 14.9 Å². The summed E-state index contributed by atoms with van der Waals surface area (Å²) in [5, 5.41) is 8.97. The van der Waals surface area contributed by atoms with Crippen molar-refractivity contribution in [3.05, 3.63) is 18.2 Å². The Kier molecular flexibility index (Phi) is 5.11. The quantitative estimate of drug-likeness (QED) is 0.637. The van der Waals surface area contributed by atoms with Gasteiger partial charge in [-0.25, -0.2) is 4.98 Å². The van der Waals surface area contributed by atoms with Gasteiger partial charge in [-0.1, -0.05) is 13.8 Å². The monoisotopic (exact) mass is 240 g/mol. The van der Waals surface area contributed by atoms with Crippen LogP contribution < -0.4 is 5.73 Å². The Balaban J connectivity index is 2.68. The second-order valence-corrected chi connectivity index (χ2v) is 4.29. The number of amides is 1. The summed E-state index contributed by atoms with van der Waals surface area (Å²) in [4.78, 5) is 20.5. The Morgan fingerprint density at radius 1 is 1.65 bits per heavy atom. The molecule has 1 heterocycles. The molecular formula is C11H20N4O2. The summed E-state index contributed by atoms with van der Waals surface area (Å²) in [5.74, 6) is 0.591.